The van der Waals surface area contributed by atoms with E-state index >= 15 is 0 Å². The topological polar surface area (TPSA) is 110 Å². The number of primary amides is 1. The Labute approximate surface area is 159 Å². The third-order valence-corrected chi connectivity index (χ3v) is 7.64. The third kappa shape index (κ3) is 3.75. The highest BCUT2D eigenvalue weighted by atomic mass is 35.5. The molecule has 2 amide bonds. The van der Waals surface area contributed by atoms with Gasteiger partial charge in [-0.15, -0.1) is 11.3 Å². The van der Waals surface area contributed by atoms with Crippen LogP contribution in [0.2, 0.25) is 4.34 Å². The number of hydrogen-bond donors (Lipinski definition) is 2. The SMILES string of the molecule is NC(=O)c1cccc(NC(=O)[C@@H]2CCCN2S(=O)(=O)c2ccc(Cl)s2)c1. The van der Waals surface area contributed by atoms with Crippen LogP contribution in [0.3, 0.4) is 0 Å². The summed E-state index contributed by atoms with van der Waals surface area (Å²) < 4.78 is 27.3. The van der Waals surface area contributed by atoms with Crippen LogP contribution in [-0.4, -0.2) is 37.1 Å². The van der Waals surface area contributed by atoms with Gasteiger partial charge in [-0.2, -0.15) is 4.31 Å². The molecule has 0 radical (unpaired) electrons. The Hall–Kier alpha value is -1.94. The highest BCUT2D eigenvalue weighted by Gasteiger charge is 2.40. The van der Waals surface area contributed by atoms with Gasteiger partial charge in [0.1, 0.15) is 10.3 Å². The van der Waals surface area contributed by atoms with Gasteiger partial charge in [-0.3, -0.25) is 9.59 Å². The van der Waals surface area contributed by atoms with E-state index < -0.39 is 27.9 Å². The summed E-state index contributed by atoms with van der Waals surface area (Å²) in [6, 6.07) is 8.31. The molecule has 3 rings (SSSR count). The molecule has 0 aliphatic carbocycles. The fourth-order valence-corrected chi connectivity index (χ4v) is 6.09. The van der Waals surface area contributed by atoms with Crippen molar-refractivity contribution in [1.29, 1.82) is 0 Å². The molecule has 1 fully saturated rings. The zero-order valence-corrected chi connectivity index (χ0v) is 15.9. The highest BCUT2D eigenvalue weighted by Crippen LogP contribution is 2.32. The molecule has 138 valence electrons. The average molecular weight is 414 g/mol. The summed E-state index contributed by atoms with van der Waals surface area (Å²) in [5.74, 6) is -1.06. The predicted octanol–water partition coefficient (Wildman–Crippen LogP) is 2.29. The molecule has 1 atom stereocenters. The van der Waals surface area contributed by atoms with E-state index in [1.807, 2.05) is 0 Å². The van der Waals surface area contributed by atoms with Crippen molar-refractivity contribution in [3.63, 3.8) is 0 Å². The lowest BCUT2D eigenvalue weighted by molar-refractivity contribution is -0.119. The van der Waals surface area contributed by atoms with Crippen molar-refractivity contribution in [3.05, 3.63) is 46.3 Å². The molecular formula is C16H16ClN3O4S2. The number of nitrogens with two attached hydrogens (primary N) is 1. The number of nitrogens with one attached hydrogen (secondary N) is 1. The van der Waals surface area contributed by atoms with E-state index in [1.165, 1.54) is 28.6 Å². The number of nitrogens with zero attached hydrogens (tertiary/aromatic N) is 1. The van der Waals surface area contributed by atoms with Gasteiger partial charge in [-0.25, -0.2) is 8.42 Å². The lowest BCUT2D eigenvalue weighted by atomic mass is 10.1. The van der Waals surface area contributed by atoms with E-state index in [1.54, 1.807) is 12.1 Å². The normalized spacial score (nSPS) is 18.0. The van der Waals surface area contributed by atoms with E-state index in [0.29, 0.717) is 22.9 Å². The van der Waals surface area contributed by atoms with Crippen molar-refractivity contribution in [2.24, 2.45) is 5.73 Å². The number of carbonyl (C=O) groups is 2. The predicted molar refractivity (Wildman–Crippen MR) is 99.8 cm³/mol. The average Bonchev–Trinajstić information content (AvgIpc) is 3.24. The lowest BCUT2D eigenvalue weighted by Gasteiger charge is -2.22. The van der Waals surface area contributed by atoms with Crippen LogP contribution >= 0.6 is 22.9 Å². The van der Waals surface area contributed by atoms with Gasteiger partial charge in [0.15, 0.2) is 0 Å². The molecule has 3 N–H and O–H groups in total. The Balaban J connectivity index is 1.80. The number of sulfonamides is 1. The molecule has 7 nitrogen and oxygen atoms in total. The minimum absolute atomic E-state index is 0.109. The summed E-state index contributed by atoms with van der Waals surface area (Å²) in [5.41, 5.74) is 5.87. The van der Waals surface area contributed by atoms with Crippen LogP contribution in [0.15, 0.2) is 40.6 Å². The van der Waals surface area contributed by atoms with Gasteiger partial charge < -0.3 is 11.1 Å². The second-order valence-electron chi connectivity index (χ2n) is 5.77. The number of benzene rings is 1. The maximum atomic E-state index is 12.8. The number of thiophene rings is 1. The first-order valence-corrected chi connectivity index (χ1v) is 10.4. The number of halogens is 1. The van der Waals surface area contributed by atoms with Crippen molar-refractivity contribution < 1.29 is 18.0 Å². The van der Waals surface area contributed by atoms with Crippen LogP contribution in [0.4, 0.5) is 5.69 Å². The zero-order valence-electron chi connectivity index (χ0n) is 13.5. The summed E-state index contributed by atoms with van der Waals surface area (Å²) in [4.78, 5) is 23.9. The standard InChI is InChI=1S/C16H16ClN3O4S2/c17-13-6-7-14(25-13)26(23,24)20-8-2-5-12(20)16(22)19-11-4-1-3-10(9-11)15(18)21/h1,3-4,6-7,9,12H,2,5,8H2,(H2,18,21)(H,19,22)/t12-/m0/s1. The first-order valence-electron chi connectivity index (χ1n) is 7.77. The van der Waals surface area contributed by atoms with Crippen molar-refractivity contribution in [2.45, 2.75) is 23.1 Å². The summed E-state index contributed by atoms with van der Waals surface area (Å²) in [6.45, 7) is 0.261. The molecule has 2 aromatic rings. The summed E-state index contributed by atoms with van der Waals surface area (Å²) >= 11 is 6.80. The molecule has 1 saturated heterocycles. The monoisotopic (exact) mass is 413 g/mol. The van der Waals surface area contributed by atoms with Crippen molar-refractivity contribution in [1.82, 2.24) is 4.31 Å². The molecule has 1 aliphatic heterocycles. The first-order chi connectivity index (χ1) is 12.3. The van der Waals surface area contributed by atoms with Crippen molar-refractivity contribution in [2.75, 3.05) is 11.9 Å². The van der Waals surface area contributed by atoms with Crippen LogP contribution in [0, 0.1) is 0 Å². The Bertz CT molecular complexity index is 958. The Morgan fingerprint density at radius 3 is 2.69 bits per heavy atom. The lowest BCUT2D eigenvalue weighted by Crippen LogP contribution is -2.42. The summed E-state index contributed by atoms with van der Waals surface area (Å²) in [6.07, 6.45) is 0.997. The van der Waals surface area contributed by atoms with E-state index in [4.69, 9.17) is 17.3 Å². The van der Waals surface area contributed by atoms with Gasteiger partial charge in [0.25, 0.3) is 10.0 Å². The van der Waals surface area contributed by atoms with Crippen molar-refractivity contribution >= 4 is 50.5 Å². The van der Waals surface area contributed by atoms with Crippen LogP contribution in [0.5, 0.6) is 0 Å². The van der Waals surface area contributed by atoms with Gasteiger partial charge in [-0.1, -0.05) is 17.7 Å². The smallest absolute Gasteiger partial charge is 0.253 e. The van der Waals surface area contributed by atoms with E-state index in [-0.39, 0.29) is 16.3 Å². The molecule has 26 heavy (non-hydrogen) atoms. The molecule has 0 saturated carbocycles. The summed E-state index contributed by atoms with van der Waals surface area (Å²) in [5, 5.41) is 2.66. The number of rotatable bonds is 5. The fourth-order valence-electron chi connectivity index (χ4n) is 2.82. The Morgan fingerprint density at radius 1 is 1.27 bits per heavy atom. The van der Waals surface area contributed by atoms with Gasteiger partial charge in [-0.05, 0) is 43.2 Å². The quantitative estimate of drug-likeness (QED) is 0.783. The largest absolute Gasteiger partial charge is 0.366 e. The molecule has 1 aromatic carbocycles. The molecule has 2 heterocycles. The third-order valence-electron chi connectivity index (χ3n) is 4.03. The molecular weight excluding hydrogens is 398 g/mol. The second kappa shape index (κ2) is 7.36. The van der Waals surface area contributed by atoms with Gasteiger partial charge >= 0.3 is 0 Å². The minimum atomic E-state index is -3.79. The number of hydrogen-bond acceptors (Lipinski definition) is 5. The molecule has 0 spiro atoms. The Kier molecular flexibility index (Phi) is 5.33. The Morgan fingerprint density at radius 2 is 2.04 bits per heavy atom. The zero-order chi connectivity index (χ0) is 18.9. The van der Waals surface area contributed by atoms with Gasteiger partial charge in [0, 0.05) is 17.8 Å². The van der Waals surface area contributed by atoms with E-state index in [2.05, 4.69) is 5.32 Å². The van der Waals surface area contributed by atoms with Crippen molar-refractivity contribution in [3.8, 4) is 0 Å². The van der Waals surface area contributed by atoms with E-state index in [9.17, 15) is 18.0 Å². The summed E-state index contributed by atoms with van der Waals surface area (Å²) in [7, 11) is -3.79. The highest BCUT2D eigenvalue weighted by molar-refractivity contribution is 7.91. The first kappa shape index (κ1) is 18.8. The molecule has 10 heteroatoms. The van der Waals surface area contributed by atoms with Crippen LogP contribution < -0.4 is 11.1 Å². The van der Waals surface area contributed by atoms with Crippen LogP contribution in [0.25, 0.3) is 0 Å². The molecule has 0 bridgehead atoms. The molecule has 0 unspecified atom stereocenters. The number of anilines is 1. The fraction of sp³-hybridized carbons (Fsp3) is 0.250. The second-order valence-corrected chi connectivity index (χ2v) is 9.60. The van der Waals surface area contributed by atoms with Gasteiger partial charge in [0.2, 0.25) is 11.8 Å². The number of carbonyl (C=O) groups excluding carboxylic acids is 2. The van der Waals surface area contributed by atoms with E-state index in [0.717, 1.165) is 11.3 Å². The number of amides is 2. The molecule has 1 aliphatic rings. The maximum absolute atomic E-state index is 12.8. The minimum Gasteiger partial charge on any atom is -0.366 e. The van der Waals surface area contributed by atoms with Crippen LogP contribution in [0.1, 0.15) is 23.2 Å². The maximum Gasteiger partial charge on any atom is 0.253 e. The van der Waals surface area contributed by atoms with Crippen LogP contribution in [-0.2, 0) is 14.8 Å². The van der Waals surface area contributed by atoms with Gasteiger partial charge in [0.05, 0.1) is 4.34 Å². The molecule has 1 aromatic heterocycles.